The number of ketones is 2. The number of hydrogen-bond acceptors (Lipinski definition) is 5. The lowest BCUT2D eigenvalue weighted by molar-refractivity contribution is -0.137. The molecule has 1 aliphatic rings. The number of halogens is 3. The lowest BCUT2D eigenvalue weighted by Crippen LogP contribution is -2.36. The van der Waals surface area contributed by atoms with Crippen LogP contribution in [0.3, 0.4) is 0 Å². The molecule has 1 aromatic carbocycles. The van der Waals surface area contributed by atoms with E-state index in [-0.39, 0.29) is 22.5 Å². The summed E-state index contributed by atoms with van der Waals surface area (Å²) in [5.74, 6) is -2.12. The number of nitriles is 1. The van der Waals surface area contributed by atoms with Crippen LogP contribution in [0.5, 0.6) is 0 Å². The van der Waals surface area contributed by atoms with E-state index >= 15 is 0 Å². The average molecular weight is 335 g/mol. The van der Waals surface area contributed by atoms with Crippen molar-refractivity contribution in [2.45, 2.75) is 20.0 Å². The number of Topliss-reactive ketones (excluding diaryl/α,β-unsaturated/α-hetero) is 2. The molecule has 0 radical (unpaired) electrons. The van der Waals surface area contributed by atoms with Gasteiger partial charge in [0.1, 0.15) is 17.4 Å². The normalized spacial score (nSPS) is 20.3. The largest absolute Gasteiger partial charge is 0.416 e. The fourth-order valence-corrected chi connectivity index (χ4v) is 2.16. The highest BCUT2D eigenvalue weighted by Crippen LogP contribution is 2.30. The molecule has 1 atom stereocenters. The SMILES string of the molecule is CC1=C(C#N)C(=O)C(C)C(=O)C1=NNc1ccc(C(F)(F)F)cc1. The van der Waals surface area contributed by atoms with Crippen LogP contribution in [0.1, 0.15) is 19.4 Å². The molecule has 1 aliphatic carbocycles. The highest BCUT2D eigenvalue weighted by molar-refractivity contribution is 6.53. The van der Waals surface area contributed by atoms with Gasteiger partial charge in [-0.25, -0.2) is 0 Å². The number of hydrogen-bond donors (Lipinski definition) is 1. The van der Waals surface area contributed by atoms with E-state index < -0.39 is 29.2 Å². The van der Waals surface area contributed by atoms with Crippen molar-refractivity contribution in [2.24, 2.45) is 11.0 Å². The maximum Gasteiger partial charge on any atom is 0.416 e. The van der Waals surface area contributed by atoms with Crippen LogP contribution in [0.4, 0.5) is 18.9 Å². The summed E-state index contributed by atoms with van der Waals surface area (Å²) in [7, 11) is 0. The number of carbonyl (C=O) groups excluding carboxylic acids is 2. The smallest absolute Gasteiger partial charge is 0.293 e. The average Bonchev–Trinajstić information content (AvgIpc) is 2.53. The van der Waals surface area contributed by atoms with Gasteiger partial charge in [-0.05, 0) is 38.1 Å². The molecule has 24 heavy (non-hydrogen) atoms. The van der Waals surface area contributed by atoms with E-state index in [4.69, 9.17) is 5.26 Å². The second-order valence-electron chi connectivity index (χ2n) is 5.21. The molecule has 0 heterocycles. The first-order valence-electron chi connectivity index (χ1n) is 6.87. The molecule has 0 saturated heterocycles. The van der Waals surface area contributed by atoms with Gasteiger partial charge in [-0.15, -0.1) is 0 Å². The Balaban J connectivity index is 2.31. The number of benzene rings is 1. The number of anilines is 1. The Labute approximate surface area is 135 Å². The van der Waals surface area contributed by atoms with Gasteiger partial charge in [-0.2, -0.15) is 23.5 Å². The third kappa shape index (κ3) is 3.20. The number of rotatable bonds is 2. The van der Waals surface area contributed by atoms with Crippen molar-refractivity contribution in [1.82, 2.24) is 0 Å². The zero-order valence-electron chi connectivity index (χ0n) is 12.7. The molecule has 0 fully saturated rings. The first kappa shape index (κ1) is 17.4. The number of nitrogens with one attached hydrogen (secondary N) is 1. The molecular weight excluding hydrogens is 323 g/mol. The summed E-state index contributed by atoms with van der Waals surface area (Å²) in [6, 6.07) is 5.83. The molecule has 0 saturated carbocycles. The summed E-state index contributed by atoms with van der Waals surface area (Å²) in [4.78, 5) is 24.0. The van der Waals surface area contributed by atoms with Crippen molar-refractivity contribution in [2.75, 3.05) is 5.43 Å². The van der Waals surface area contributed by atoms with Gasteiger partial charge >= 0.3 is 6.18 Å². The van der Waals surface area contributed by atoms with Gasteiger partial charge in [0.25, 0.3) is 0 Å². The topological polar surface area (TPSA) is 82.3 Å². The van der Waals surface area contributed by atoms with Gasteiger partial charge in [0, 0.05) is 5.57 Å². The minimum absolute atomic E-state index is 0.0847. The Kier molecular flexibility index (Phi) is 4.55. The van der Waals surface area contributed by atoms with Gasteiger partial charge in [0.2, 0.25) is 0 Å². The van der Waals surface area contributed by atoms with Crippen LogP contribution in [-0.4, -0.2) is 17.3 Å². The van der Waals surface area contributed by atoms with Crippen molar-refractivity contribution >= 4 is 23.0 Å². The van der Waals surface area contributed by atoms with Gasteiger partial charge in [-0.3, -0.25) is 15.0 Å². The second-order valence-corrected chi connectivity index (χ2v) is 5.21. The lowest BCUT2D eigenvalue weighted by Gasteiger charge is -2.18. The van der Waals surface area contributed by atoms with Crippen LogP contribution < -0.4 is 5.43 Å². The van der Waals surface area contributed by atoms with Crippen molar-refractivity contribution in [3.05, 3.63) is 41.0 Å². The lowest BCUT2D eigenvalue weighted by atomic mass is 9.82. The van der Waals surface area contributed by atoms with Crippen LogP contribution in [0.25, 0.3) is 0 Å². The fourth-order valence-electron chi connectivity index (χ4n) is 2.16. The van der Waals surface area contributed by atoms with E-state index in [1.165, 1.54) is 26.0 Å². The molecule has 0 aromatic heterocycles. The first-order valence-corrected chi connectivity index (χ1v) is 6.87. The molecule has 2 rings (SSSR count). The summed E-state index contributed by atoms with van der Waals surface area (Å²) >= 11 is 0. The molecule has 1 unspecified atom stereocenters. The minimum atomic E-state index is -4.44. The summed E-state index contributed by atoms with van der Waals surface area (Å²) in [6.07, 6.45) is -4.44. The van der Waals surface area contributed by atoms with Crippen molar-refractivity contribution in [1.29, 1.82) is 5.26 Å². The second kappa shape index (κ2) is 6.28. The van der Waals surface area contributed by atoms with E-state index in [0.717, 1.165) is 12.1 Å². The molecule has 124 valence electrons. The quantitative estimate of drug-likeness (QED) is 0.665. The van der Waals surface area contributed by atoms with E-state index in [1.54, 1.807) is 6.07 Å². The number of allylic oxidation sites excluding steroid dienone is 2. The summed E-state index contributed by atoms with van der Waals surface area (Å²) in [5, 5.41) is 12.9. The van der Waals surface area contributed by atoms with E-state index in [1.807, 2.05) is 0 Å². The zero-order chi connectivity index (χ0) is 18.1. The Morgan fingerprint density at radius 1 is 1.17 bits per heavy atom. The van der Waals surface area contributed by atoms with Gasteiger partial charge in [-0.1, -0.05) is 0 Å². The van der Waals surface area contributed by atoms with Crippen molar-refractivity contribution in [3.8, 4) is 6.07 Å². The highest BCUT2D eigenvalue weighted by atomic mass is 19.4. The van der Waals surface area contributed by atoms with E-state index in [0.29, 0.717) is 0 Å². The number of hydrazone groups is 1. The first-order chi connectivity index (χ1) is 11.2. The molecule has 1 N–H and O–H groups in total. The summed E-state index contributed by atoms with van der Waals surface area (Å²) in [6.45, 7) is 2.80. The van der Waals surface area contributed by atoms with Crippen LogP contribution in [-0.2, 0) is 15.8 Å². The Morgan fingerprint density at radius 3 is 2.25 bits per heavy atom. The molecule has 1 aromatic rings. The Bertz CT molecular complexity index is 799. The van der Waals surface area contributed by atoms with E-state index in [2.05, 4.69) is 10.5 Å². The van der Waals surface area contributed by atoms with Crippen LogP contribution >= 0.6 is 0 Å². The molecular formula is C16H12F3N3O2. The third-order valence-corrected chi connectivity index (χ3v) is 3.62. The maximum atomic E-state index is 12.5. The number of nitrogens with zero attached hydrogens (tertiary/aromatic N) is 2. The van der Waals surface area contributed by atoms with Crippen LogP contribution in [0, 0.1) is 17.2 Å². The predicted molar refractivity (Wildman–Crippen MR) is 80.0 cm³/mol. The zero-order valence-corrected chi connectivity index (χ0v) is 12.7. The molecule has 0 bridgehead atoms. The Hall–Kier alpha value is -2.95. The molecule has 5 nitrogen and oxygen atoms in total. The highest BCUT2D eigenvalue weighted by Gasteiger charge is 2.36. The van der Waals surface area contributed by atoms with Crippen molar-refractivity contribution < 1.29 is 22.8 Å². The van der Waals surface area contributed by atoms with Crippen molar-refractivity contribution in [3.63, 3.8) is 0 Å². The minimum Gasteiger partial charge on any atom is -0.293 e. The van der Waals surface area contributed by atoms with Gasteiger partial charge in [0.15, 0.2) is 11.6 Å². The van der Waals surface area contributed by atoms with Gasteiger partial charge < -0.3 is 0 Å². The van der Waals surface area contributed by atoms with Gasteiger partial charge in [0.05, 0.1) is 17.2 Å². The summed E-state index contributed by atoms with van der Waals surface area (Å²) < 4.78 is 37.5. The number of alkyl halides is 3. The Morgan fingerprint density at radius 2 is 1.75 bits per heavy atom. The van der Waals surface area contributed by atoms with Crippen LogP contribution in [0.2, 0.25) is 0 Å². The van der Waals surface area contributed by atoms with Crippen LogP contribution in [0.15, 0.2) is 40.5 Å². The molecule has 0 spiro atoms. The fraction of sp³-hybridized carbons (Fsp3) is 0.250. The molecule has 0 aliphatic heterocycles. The molecule has 8 heteroatoms. The third-order valence-electron chi connectivity index (χ3n) is 3.62. The predicted octanol–water partition coefficient (Wildman–Crippen LogP) is 3.10. The van der Waals surface area contributed by atoms with E-state index in [9.17, 15) is 22.8 Å². The maximum absolute atomic E-state index is 12.5. The summed E-state index contributed by atoms with van der Waals surface area (Å²) in [5.41, 5.74) is 1.82. The molecule has 0 amide bonds. The standard InChI is InChI=1S/C16H12F3N3O2/c1-8-12(7-20)14(23)9(2)15(24)13(8)22-21-11-5-3-10(4-6-11)16(17,18)19/h3-6,9,21H,1-2H3. The number of carbonyl (C=O) groups is 2. The monoisotopic (exact) mass is 335 g/mol.